The molecule has 1 aromatic carbocycles. The number of rotatable bonds is 4. The van der Waals surface area contributed by atoms with E-state index in [1.165, 1.54) is 11.0 Å². The van der Waals surface area contributed by atoms with E-state index in [4.69, 9.17) is 4.74 Å². The van der Waals surface area contributed by atoms with Crippen LogP contribution in [-0.4, -0.2) is 53.2 Å². The zero-order valence-corrected chi connectivity index (χ0v) is 18.4. The van der Waals surface area contributed by atoms with E-state index in [9.17, 15) is 26.7 Å². The Morgan fingerprint density at radius 3 is 2.47 bits per heavy atom. The van der Waals surface area contributed by atoms with E-state index in [0.29, 0.717) is 57.3 Å². The lowest BCUT2D eigenvalue weighted by Gasteiger charge is -2.50. The first-order valence-corrected chi connectivity index (χ1v) is 11.3. The van der Waals surface area contributed by atoms with Crippen molar-refractivity contribution in [2.24, 2.45) is 0 Å². The molecule has 3 aliphatic rings. The minimum Gasteiger partial charge on any atom is -0.357 e. The number of aromatic nitrogens is 1. The van der Waals surface area contributed by atoms with Gasteiger partial charge in [0.15, 0.2) is 0 Å². The van der Waals surface area contributed by atoms with Crippen LogP contribution in [0.3, 0.4) is 0 Å². The van der Waals surface area contributed by atoms with Gasteiger partial charge in [-0.1, -0.05) is 0 Å². The molecular weight excluding hydrogens is 457 g/mol. The van der Waals surface area contributed by atoms with Gasteiger partial charge < -0.3 is 14.5 Å². The summed E-state index contributed by atoms with van der Waals surface area (Å²) in [5, 5.41) is 0. The number of hydrogen-bond donors (Lipinski definition) is 0. The maximum absolute atomic E-state index is 13.9. The average molecular weight is 481 g/mol. The van der Waals surface area contributed by atoms with Crippen molar-refractivity contribution < 1.29 is 31.5 Å². The topological polar surface area (TPSA) is 45.7 Å². The van der Waals surface area contributed by atoms with Crippen LogP contribution in [0, 0.1) is 11.6 Å². The Hall–Kier alpha value is -2.59. The van der Waals surface area contributed by atoms with Gasteiger partial charge in [0.05, 0.1) is 29.6 Å². The summed E-state index contributed by atoms with van der Waals surface area (Å²) in [6, 6.07) is 4.27. The zero-order chi connectivity index (χ0) is 24.1. The molecule has 1 saturated carbocycles. The lowest BCUT2D eigenvalue weighted by atomic mass is 9.87. The van der Waals surface area contributed by atoms with Gasteiger partial charge in [0.25, 0.3) is 5.91 Å². The minimum absolute atomic E-state index is 0.0225. The second-order valence-corrected chi connectivity index (χ2v) is 9.39. The van der Waals surface area contributed by atoms with Crippen LogP contribution < -0.4 is 4.90 Å². The summed E-state index contributed by atoms with van der Waals surface area (Å²) in [5.74, 6) is -1.38. The molecule has 2 aliphatic heterocycles. The summed E-state index contributed by atoms with van der Waals surface area (Å²) < 4.78 is 74.6. The van der Waals surface area contributed by atoms with Gasteiger partial charge in [-0.25, -0.2) is 8.78 Å². The van der Waals surface area contributed by atoms with Crippen LogP contribution >= 0.6 is 0 Å². The summed E-state index contributed by atoms with van der Waals surface area (Å²) in [6.45, 7) is 1.70. The Kier molecular flexibility index (Phi) is 5.63. The highest BCUT2D eigenvalue weighted by Gasteiger charge is 2.62. The van der Waals surface area contributed by atoms with E-state index in [-0.39, 0.29) is 12.2 Å². The number of halogens is 5. The number of pyridine rings is 1. The van der Waals surface area contributed by atoms with Crippen LogP contribution in [0.25, 0.3) is 0 Å². The van der Waals surface area contributed by atoms with E-state index >= 15 is 0 Å². The van der Waals surface area contributed by atoms with Gasteiger partial charge >= 0.3 is 6.18 Å². The summed E-state index contributed by atoms with van der Waals surface area (Å²) in [5.41, 5.74) is -2.65. The molecular formula is C24H24F5N3O2. The SMILES string of the molecule is O=C1N(c2cnccc2C(F)(F)F)CC2(CCN(CCc3cc(F)ccc3F)CC2)OC12CC2. The standard InChI is InChI=1S/C24H24F5N3O2/c25-17-1-2-19(26)16(13-17)4-10-31-11-7-22(8-12-31)15-32(21(33)23(34-22)5-6-23)20-14-30-9-3-18(20)24(27,28)29/h1-3,9,13-14H,4-8,10-12,15H2. The highest BCUT2D eigenvalue weighted by molar-refractivity contribution is 6.02. The number of carbonyl (C=O) groups is 1. The number of piperidine rings is 1. The van der Waals surface area contributed by atoms with E-state index in [1.54, 1.807) is 0 Å². The Morgan fingerprint density at radius 2 is 1.79 bits per heavy atom. The molecule has 5 nitrogen and oxygen atoms in total. The van der Waals surface area contributed by atoms with Gasteiger partial charge in [0.2, 0.25) is 0 Å². The Bertz CT molecular complexity index is 1090. The third-order valence-electron chi connectivity index (χ3n) is 7.07. The van der Waals surface area contributed by atoms with Crippen LogP contribution in [0.4, 0.5) is 27.6 Å². The monoisotopic (exact) mass is 481 g/mol. The molecule has 1 aromatic heterocycles. The Balaban J connectivity index is 1.31. The quantitative estimate of drug-likeness (QED) is 0.610. The second-order valence-electron chi connectivity index (χ2n) is 9.39. The number of hydrogen-bond acceptors (Lipinski definition) is 4. The fourth-order valence-corrected chi connectivity index (χ4v) is 5.02. The number of amides is 1. The van der Waals surface area contributed by atoms with Crippen molar-refractivity contribution in [3.63, 3.8) is 0 Å². The van der Waals surface area contributed by atoms with Gasteiger partial charge in [-0.2, -0.15) is 13.2 Å². The van der Waals surface area contributed by atoms with Crippen LogP contribution in [0.1, 0.15) is 36.8 Å². The first kappa shape index (κ1) is 23.2. The summed E-state index contributed by atoms with van der Waals surface area (Å²) in [6.07, 6.45) is -0.106. The number of ether oxygens (including phenoxy) is 1. The summed E-state index contributed by atoms with van der Waals surface area (Å²) in [4.78, 5) is 20.3. The zero-order valence-electron chi connectivity index (χ0n) is 18.4. The van der Waals surface area contributed by atoms with Crippen LogP contribution in [-0.2, 0) is 22.1 Å². The van der Waals surface area contributed by atoms with Gasteiger partial charge in [-0.15, -0.1) is 0 Å². The molecule has 0 bridgehead atoms. The molecule has 2 spiro atoms. The van der Waals surface area contributed by atoms with Gasteiger partial charge in [-0.3, -0.25) is 9.78 Å². The maximum atomic E-state index is 13.9. The predicted octanol–water partition coefficient (Wildman–Crippen LogP) is 4.35. The first-order valence-electron chi connectivity index (χ1n) is 11.3. The minimum atomic E-state index is -4.61. The van der Waals surface area contributed by atoms with Crippen molar-refractivity contribution in [2.75, 3.05) is 31.1 Å². The van der Waals surface area contributed by atoms with E-state index in [1.807, 2.05) is 0 Å². The average Bonchev–Trinajstić information content (AvgIpc) is 3.57. The van der Waals surface area contributed by atoms with Gasteiger partial charge in [0, 0.05) is 25.8 Å². The molecule has 0 N–H and O–H groups in total. The summed E-state index contributed by atoms with van der Waals surface area (Å²) in [7, 11) is 0. The lowest BCUT2D eigenvalue weighted by molar-refractivity contribution is -0.172. The highest BCUT2D eigenvalue weighted by atomic mass is 19.4. The molecule has 0 atom stereocenters. The number of likely N-dealkylation sites (tertiary alicyclic amines) is 1. The Morgan fingerprint density at radius 1 is 1.06 bits per heavy atom. The maximum Gasteiger partial charge on any atom is 0.418 e. The largest absolute Gasteiger partial charge is 0.418 e. The van der Waals surface area contributed by atoms with Crippen molar-refractivity contribution in [3.8, 4) is 0 Å². The van der Waals surface area contributed by atoms with Crippen molar-refractivity contribution in [3.05, 3.63) is 59.4 Å². The number of morpholine rings is 1. The van der Waals surface area contributed by atoms with Crippen molar-refractivity contribution in [1.29, 1.82) is 0 Å². The van der Waals surface area contributed by atoms with Crippen LogP contribution in [0.15, 0.2) is 36.7 Å². The fraction of sp³-hybridized carbons (Fsp3) is 0.500. The number of benzene rings is 1. The number of carbonyl (C=O) groups excluding carboxylic acids is 1. The second kappa shape index (κ2) is 8.27. The van der Waals surface area contributed by atoms with E-state index in [2.05, 4.69) is 9.88 Å². The molecule has 0 radical (unpaired) electrons. The van der Waals surface area contributed by atoms with Gasteiger partial charge in [0.1, 0.15) is 17.2 Å². The molecule has 1 aliphatic carbocycles. The van der Waals surface area contributed by atoms with E-state index < -0.39 is 40.5 Å². The Labute approximate surface area is 193 Å². The lowest BCUT2D eigenvalue weighted by Crippen LogP contribution is -2.63. The summed E-state index contributed by atoms with van der Waals surface area (Å²) >= 11 is 0. The van der Waals surface area contributed by atoms with E-state index in [0.717, 1.165) is 30.6 Å². The molecule has 34 heavy (non-hydrogen) atoms. The molecule has 10 heteroatoms. The molecule has 182 valence electrons. The highest BCUT2D eigenvalue weighted by Crippen LogP contribution is 2.51. The normalized spacial score (nSPS) is 21.9. The number of nitrogens with zero attached hydrogens (tertiary/aromatic N) is 3. The van der Waals surface area contributed by atoms with Crippen LogP contribution in [0.2, 0.25) is 0 Å². The van der Waals surface area contributed by atoms with Gasteiger partial charge in [-0.05, 0) is 61.9 Å². The molecule has 2 saturated heterocycles. The molecule has 0 unspecified atom stereocenters. The smallest absolute Gasteiger partial charge is 0.357 e. The molecule has 2 aromatic rings. The molecule has 5 rings (SSSR count). The molecule has 3 fully saturated rings. The predicted molar refractivity (Wildman–Crippen MR) is 113 cm³/mol. The fourth-order valence-electron chi connectivity index (χ4n) is 5.02. The number of alkyl halides is 3. The molecule has 3 heterocycles. The number of anilines is 1. The van der Waals surface area contributed by atoms with Crippen LogP contribution in [0.5, 0.6) is 0 Å². The van der Waals surface area contributed by atoms with Crippen molar-refractivity contribution >= 4 is 11.6 Å². The van der Waals surface area contributed by atoms with Crippen molar-refractivity contribution in [2.45, 2.75) is 49.5 Å². The third-order valence-corrected chi connectivity index (χ3v) is 7.07. The first-order chi connectivity index (χ1) is 16.1. The molecule has 1 amide bonds. The third kappa shape index (κ3) is 4.29. The van der Waals surface area contributed by atoms with Crippen molar-refractivity contribution in [1.82, 2.24) is 9.88 Å².